The second-order valence-corrected chi connectivity index (χ2v) is 8.97. The fourth-order valence-corrected chi connectivity index (χ4v) is 5.33. The van der Waals surface area contributed by atoms with E-state index in [2.05, 4.69) is 53.2 Å². The van der Waals surface area contributed by atoms with Gasteiger partial charge in [-0.3, -0.25) is 0 Å². The van der Waals surface area contributed by atoms with Crippen molar-refractivity contribution in [2.75, 3.05) is 18.0 Å². The van der Waals surface area contributed by atoms with E-state index in [4.69, 9.17) is 6.57 Å². The second-order valence-electron chi connectivity index (χ2n) is 7.55. The predicted octanol–water partition coefficient (Wildman–Crippen LogP) is 5.65. The maximum atomic E-state index is 13.3. The van der Waals surface area contributed by atoms with Crippen LogP contribution in [-0.4, -0.2) is 17.3 Å². The molecule has 1 aliphatic rings. The summed E-state index contributed by atoms with van der Waals surface area (Å²) in [6.07, 6.45) is 0.955. The standard InChI is InChI=1S/C25H25N3OS/c1-18-10-13-23-25(19(18)2)28(15-7-14-27-17-20-8-5-4-6-9-20)22-12-11-21(26-3)16-24(22)30(23)29/h4-6,8-13,16,27H,7,14-15,17H2,1-2H3. The molecule has 1 unspecified atom stereocenters. The quantitative estimate of drug-likeness (QED) is 0.417. The number of nitrogens with one attached hydrogen (secondary N) is 1. The van der Waals surface area contributed by atoms with E-state index in [0.717, 1.165) is 52.8 Å². The van der Waals surface area contributed by atoms with Crippen LogP contribution < -0.4 is 10.2 Å². The summed E-state index contributed by atoms with van der Waals surface area (Å²) in [6.45, 7) is 14.1. The third-order valence-corrected chi connectivity index (χ3v) is 7.06. The van der Waals surface area contributed by atoms with E-state index in [-0.39, 0.29) is 0 Å². The maximum absolute atomic E-state index is 13.3. The fourth-order valence-electron chi connectivity index (χ4n) is 3.87. The molecule has 3 aromatic carbocycles. The molecule has 1 heterocycles. The van der Waals surface area contributed by atoms with E-state index in [1.165, 1.54) is 11.1 Å². The van der Waals surface area contributed by atoms with Crippen molar-refractivity contribution in [1.29, 1.82) is 0 Å². The lowest BCUT2D eigenvalue weighted by Crippen LogP contribution is -2.28. The summed E-state index contributed by atoms with van der Waals surface area (Å²) < 4.78 is 13.3. The molecule has 0 aliphatic carbocycles. The van der Waals surface area contributed by atoms with Gasteiger partial charge in [-0.1, -0.05) is 42.5 Å². The zero-order valence-electron chi connectivity index (χ0n) is 17.3. The van der Waals surface area contributed by atoms with E-state index >= 15 is 0 Å². The van der Waals surface area contributed by atoms with Crippen LogP contribution in [0, 0.1) is 20.4 Å². The van der Waals surface area contributed by atoms with Crippen LogP contribution in [-0.2, 0) is 17.3 Å². The van der Waals surface area contributed by atoms with Gasteiger partial charge in [0.25, 0.3) is 0 Å². The van der Waals surface area contributed by atoms with Crippen LogP contribution >= 0.6 is 0 Å². The van der Waals surface area contributed by atoms with E-state index < -0.39 is 10.8 Å². The summed E-state index contributed by atoms with van der Waals surface area (Å²) in [5, 5.41) is 3.52. The van der Waals surface area contributed by atoms with Gasteiger partial charge < -0.3 is 10.2 Å². The van der Waals surface area contributed by atoms with Gasteiger partial charge in [-0.05, 0) is 61.7 Å². The van der Waals surface area contributed by atoms with Crippen LogP contribution in [0.2, 0.25) is 0 Å². The summed E-state index contributed by atoms with van der Waals surface area (Å²) in [5.74, 6) is 0. The number of hydrogen-bond donors (Lipinski definition) is 1. The first-order valence-corrected chi connectivity index (χ1v) is 11.3. The molecule has 0 spiro atoms. The van der Waals surface area contributed by atoms with E-state index in [9.17, 15) is 4.21 Å². The Bertz CT molecular complexity index is 1140. The number of benzene rings is 3. The minimum atomic E-state index is -1.28. The van der Waals surface area contributed by atoms with Crippen molar-refractivity contribution >= 4 is 27.9 Å². The molecular formula is C25H25N3OS. The molecule has 0 radical (unpaired) electrons. The second kappa shape index (κ2) is 8.83. The van der Waals surface area contributed by atoms with Crippen LogP contribution in [0.5, 0.6) is 0 Å². The Kier molecular flexibility index (Phi) is 5.98. The van der Waals surface area contributed by atoms with Gasteiger partial charge in [0, 0.05) is 13.1 Å². The van der Waals surface area contributed by atoms with Crippen LogP contribution in [0.1, 0.15) is 23.1 Å². The average molecular weight is 416 g/mol. The molecule has 0 saturated heterocycles. The van der Waals surface area contributed by atoms with Gasteiger partial charge in [-0.15, -0.1) is 0 Å². The zero-order chi connectivity index (χ0) is 21.1. The predicted molar refractivity (Wildman–Crippen MR) is 123 cm³/mol. The molecule has 30 heavy (non-hydrogen) atoms. The first-order valence-electron chi connectivity index (χ1n) is 10.2. The van der Waals surface area contributed by atoms with Crippen LogP contribution in [0.3, 0.4) is 0 Å². The van der Waals surface area contributed by atoms with Crippen molar-refractivity contribution in [3.05, 3.63) is 88.8 Å². The van der Waals surface area contributed by atoms with Gasteiger partial charge in [0.2, 0.25) is 0 Å². The molecule has 1 N–H and O–H groups in total. The molecule has 3 aromatic rings. The van der Waals surface area contributed by atoms with Crippen LogP contribution in [0.15, 0.2) is 70.5 Å². The van der Waals surface area contributed by atoms with Crippen LogP contribution in [0.4, 0.5) is 17.1 Å². The normalized spacial score (nSPS) is 14.7. The number of fused-ring (bicyclic) bond motifs is 2. The number of nitrogens with zero attached hydrogens (tertiary/aromatic N) is 2. The summed E-state index contributed by atoms with van der Waals surface area (Å²) in [5.41, 5.74) is 6.17. The van der Waals surface area contributed by atoms with Gasteiger partial charge in [0.05, 0.1) is 38.5 Å². The fraction of sp³-hybridized carbons (Fsp3) is 0.240. The van der Waals surface area contributed by atoms with Crippen molar-refractivity contribution in [1.82, 2.24) is 5.32 Å². The van der Waals surface area contributed by atoms with E-state index in [1.54, 1.807) is 6.07 Å². The van der Waals surface area contributed by atoms with Gasteiger partial charge in [0.1, 0.15) is 0 Å². The Balaban J connectivity index is 1.57. The minimum absolute atomic E-state index is 0.527. The Morgan fingerprint density at radius 2 is 1.83 bits per heavy atom. The molecule has 152 valence electrons. The topological polar surface area (TPSA) is 36.7 Å². The molecular weight excluding hydrogens is 390 g/mol. The molecule has 0 saturated carbocycles. The Morgan fingerprint density at radius 3 is 2.60 bits per heavy atom. The molecule has 4 nitrogen and oxygen atoms in total. The highest BCUT2D eigenvalue weighted by atomic mass is 32.2. The average Bonchev–Trinajstić information content (AvgIpc) is 2.78. The zero-order valence-corrected chi connectivity index (χ0v) is 18.1. The number of aryl methyl sites for hydroxylation is 1. The molecule has 4 rings (SSSR count). The number of hydrogen-bond acceptors (Lipinski definition) is 3. The first kappa shape index (κ1) is 20.3. The van der Waals surface area contributed by atoms with Gasteiger partial charge in [-0.2, -0.15) is 0 Å². The monoisotopic (exact) mass is 415 g/mol. The third kappa shape index (κ3) is 3.89. The number of rotatable bonds is 6. The highest BCUT2D eigenvalue weighted by Crippen LogP contribution is 2.45. The van der Waals surface area contributed by atoms with E-state index in [0.29, 0.717) is 5.69 Å². The molecule has 1 aliphatic heterocycles. The van der Waals surface area contributed by atoms with Crippen molar-refractivity contribution in [2.24, 2.45) is 0 Å². The molecule has 0 bridgehead atoms. The largest absolute Gasteiger partial charge is 0.339 e. The lowest BCUT2D eigenvalue weighted by atomic mass is 10.1. The lowest BCUT2D eigenvalue weighted by molar-refractivity contribution is 0.646. The molecule has 0 amide bonds. The number of anilines is 2. The Hall–Kier alpha value is -2.94. The SMILES string of the molecule is [C-]#[N+]c1ccc2c(c1)S(=O)c1ccc(C)c(C)c1N2CCCNCc1ccccc1. The molecule has 0 fully saturated rings. The summed E-state index contributed by atoms with van der Waals surface area (Å²) in [7, 11) is -1.28. The van der Waals surface area contributed by atoms with Gasteiger partial charge in [0.15, 0.2) is 5.69 Å². The third-order valence-electron chi connectivity index (χ3n) is 5.60. The lowest BCUT2D eigenvalue weighted by Gasteiger charge is -2.34. The molecule has 1 atom stereocenters. The summed E-state index contributed by atoms with van der Waals surface area (Å²) in [4.78, 5) is 7.38. The van der Waals surface area contributed by atoms with Crippen molar-refractivity contribution < 1.29 is 4.21 Å². The summed E-state index contributed by atoms with van der Waals surface area (Å²) >= 11 is 0. The molecule has 0 aromatic heterocycles. The summed E-state index contributed by atoms with van der Waals surface area (Å²) in [6, 6.07) is 19.9. The Labute approximate surface area is 180 Å². The highest BCUT2D eigenvalue weighted by Gasteiger charge is 2.29. The highest BCUT2D eigenvalue weighted by molar-refractivity contribution is 7.85. The molecule has 5 heteroatoms. The van der Waals surface area contributed by atoms with Crippen LogP contribution in [0.25, 0.3) is 4.85 Å². The van der Waals surface area contributed by atoms with Crippen molar-refractivity contribution in [2.45, 2.75) is 36.6 Å². The van der Waals surface area contributed by atoms with Gasteiger partial charge >= 0.3 is 0 Å². The minimum Gasteiger partial charge on any atom is -0.339 e. The maximum Gasteiger partial charge on any atom is 0.188 e. The first-order chi connectivity index (χ1) is 14.6. The van der Waals surface area contributed by atoms with Crippen molar-refractivity contribution in [3.8, 4) is 0 Å². The van der Waals surface area contributed by atoms with Crippen molar-refractivity contribution in [3.63, 3.8) is 0 Å². The Morgan fingerprint density at radius 1 is 1.03 bits per heavy atom. The van der Waals surface area contributed by atoms with E-state index in [1.807, 2.05) is 30.3 Å². The smallest absolute Gasteiger partial charge is 0.188 e. The van der Waals surface area contributed by atoms with Gasteiger partial charge in [-0.25, -0.2) is 9.05 Å².